The zero-order valence-corrected chi connectivity index (χ0v) is 16.2. The van der Waals surface area contributed by atoms with Gasteiger partial charge < -0.3 is 9.47 Å². The molecule has 22 heavy (non-hydrogen) atoms. The van der Waals surface area contributed by atoms with Crippen LogP contribution in [0.15, 0.2) is 48.5 Å². The molecule has 0 saturated carbocycles. The molecule has 0 spiro atoms. The van der Waals surface area contributed by atoms with E-state index in [1.165, 1.54) is 10.6 Å². The minimum absolute atomic E-state index is 0.300. The first-order valence-electron chi connectivity index (χ1n) is 6.78. The lowest BCUT2D eigenvalue weighted by atomic mass is 10.3. The van der Waals surface area contributed by atoms with Crippen LogP contribution in [0.4, 0.5) is 0 Å². The first kappa shape index (κ1) is 17.9. The van der Waals surface area contributed by atoms with E-state index >= 15 is 0 Å². The van der Waals surface area contributed by atoms with Crippen LogP contribution in [-0.2, 0) is 0 Å². The van der Waals surface area contributed by atoms with Gasteiger partial charge in [-0.05, 0) is 42.8 Å². The van der Waals surface area contributed by atoms with E-state index in [0.717, 1.165) is 17.0 Å². The first-order chi connectivity index (χ1) is 10.7. The van der Waals surface area contributed by atoms with E-state index in [4.69, 9.17) is 22.1 Å². The number of rotatable bonds is 7. The summed E-state index contributed by atoms with van der Waals surface area (Å²) in [6.07, 6.45) is 0. The lowest BCUT2D eigenvalue weighted by Gasteiger charge is -2.23. The summed E-state index contributed by atoms with van der Waals surface area (Å²) in [5, 5.41) is 2.61. The Morgan fingerprint density at radius 1 is 0.955 bits per heavy atom. The molecular formula is C16H20O2P2S2. The van der Waals surface area contributed by atoms with E-state index in [1.807, 2.05) is 24.3 Å². The quantitative estimate of drug-likeness (QED) is 0.569. The lowest BCUT2D eigenvalue weighted by Crippen LogP contribution is -2.09. The minimum atomic E-state index is -0.413. The van der Waals surface area contributed by atoms with Crippen molar-refractivity contribution in [2.45, 2.75) is 4.73 Å². The maximum absolute atomic E-state index is 5.22. The summed E-state index contributed by atoms with van der Waals surface area (Å²) in [5.74, 6) is 1.77. The van der Waals surface area contributed by atoms with Crippen molar-refractivity contribution in [3.8, 4) is 11.5 Å². The Balaban J connectivity index is 2.08. The third-order valence-electron chi connectivity index (χ3n) is 3.24. The molecule has 0 aliphatic rings. The third-order valence-corrected chi connectivity index (χ3v) is 9.48. The van der Waals surface area contributed by atoms with Gasteiger partial charge in [0, 0.05) is 10.2 Å². The van der Waals surface area contributed by atoms with Crippen LogP contribution in [0.1, 0.15) is 0 Å². The lowest BCUT2D eigenvalue weighted by molar-refractivity contribution is 0.415. The fraction of sp³-hybridized carbons (Fsp3) is 0.250. The normalized spacial score (nSPS) is 14.0. The topological polar surface area (TPSA) is 18.5 Å². The molecule has 0 fully saturated rings. The SMILES string of the molecule is COc1ccc(PC(S)P(CS)c2ccc(OC)cc2)cc1. The van der Waals surface area contributed by atoms with Crippen LogP contribution in [0.3, 0.4) is 0 Å². The second-order valence-corrected chi connectivity index (χ2v) is 11.0. The summed E-state index contributed by atoms with van der Waals surface area (Å²) in [7, 11) is 3.60. The van der Waals surface area contributed by atoms with Gasteiger partial charge in [0.1, 0.15) is 11.5 Å². The molecule has 2 aromatic rings. The molecule has 2 rings (SSSR count). The zero-order chi connectivity index (χ0) is 15.9. The van der Waals surface area contributed by atoms with Gasteiger partial charge in [-0.15, -0.1) is 0 Å². The molecule has 2 aromatic carbocycles. The molecule has 3 unspecified atom stereocenters. The van der Waals surface area contributed by atoms with E-state index in [9.17, 15) is 0 Å². The van der Waals surface area contributed by atoms with E-state index < -0.39 is 7.92 Å². The van der Waals surface area contributed by atoms with E-state index in [-0.39, 0.29) is 0 Å². The summed E-state index contributed by atoms with van der Waals surface area (Å²) in [6, 6.07) is 16.5. The number of ether oxygens (including phenoxy) is 2. The monoisotopic (exact) mass is 370 g/mol. The Morgan fingerprint density at radius 3 is 1.91 bits per heavy atom. The summed E-state index contributed by atoms with van der Waals surface area (Å²) in [6.45, 7) is 0. The summed E-state index contributed by atoms with van der Waals surface area (Å²) >= 11 is 9.40. The molecule has 6 heteroatoms. The molecule has 0 saturated heterocycles. The van der Waals surface area contributed by atoms with Gasteiger partial charge in [-0.1, -0.05) is 32.8 Å². The van der Waals surface area contributed by atoms with Gasteiger partial charge in [0.15, 0.2) is 0 Å². The van der Waals surface area contributed by atoms with Crippen molar-refractivity contribution in [3.63, 3.8) is 0 Å². The molecule has 0 N–H and O–H groups in total. The second-order valence-electron chi connectivity index (χ2n) is 4.56. The highest BCUT2D eigenvalue weighted by molar-refractivity contribution is 8.04. The van der Waals surface area contributed by atoms with Crippen molar-refractivity contribution < 1.29 is 9.47 Å². The molecule has 0 heterocycles. The molecule has 118 valence electrons. The standard InChI is InChI=1S/C16H20O2P2S2/c1-17-12-3-7-14(8-4-12)19-16(22)20(11-21)15-9-5-13(18-2)6-10-15/h3-10,16,19,21-22H,11H2,1-2H3. The van der Waals surface area contributed by atoms with Crippen LogP contribution in [0.5, 0.6) is 11.5 Å². The number of hydrogen-bond donors (Lipinski definition) is 2. The number of methoxy groups -OCH3 is 2. The maximum atomic E-state index is 5.22. The van der Waals surface area contributed by atoms with Gasteiger partial charge in [0.05, 0.1) is 14.2 Å². The van der Waals surface area contributed by atoms with Crippen LogP contribution < -0.4 is 20.1 Å². The van der Waals surface area contributed by atoms with Gasteiger partial charge in [0.25, 0.3) is 0 Å². The Labute approximate surface area is 146 Å². The van der Waals surface area contributed by atoms with Crippen LogP contribution >= 0.6 is 41.8 Å². The van der Waals surface area contributed by atoms with Crippen LogP contribution in [0, 0.1) is 0 Å². The molecular weight excluding hydrogens is 350 g/mol. The van der Waals surface area contributed by atoms with Crippen molar-refractivity contribution in [2.24, 2.45) is 0 Å². The van der Waals surface area contributed by atoms with Gasteiger partial charge in [-0.25, -0.2) is 0 Å². The first-order valence-corrected chi connectivity index (χ1v) is 10.6. The van der Waals surface area contributed by atoms with Crippen molar-refractivity contribution in [1.29, 1.82) is 0 Å². The van der Waals surface area contributed by atoms with Crippen molar-refractivity contribution >= 4 is 52.4 Å². The Kier molecular flexibility index (Phi) is 7.37. The van der Waals surface area contributed by atoms with Crippen molar-refractivity contribution in [2.75, 3.05) is 19.7 Å². The minimum Gasteiger partial charge on any atom is -0.497 e. The predicted octanol–water partition coefficient (Wildman–Crippen LogP) is 3.92. The molecule has 0 aliphatic heterocycles. The average Bonchev–Trinajstić information content (AvgIpc) is 2.57. The zero-order valence-electron chi connectivity index (χ0n) is 12.6. The average molecular weight is 370 g/mol. The molecule has 2 nitrogen and oxygen atoms in total. The van der Waals surface area contributed by atoms with Gasteiger partial charge in [-0.3, -0.25) is 0 Å². The fourth-order valence-electron chi connectivity index (χ4n) is 1.99. The number of thiol groups is 2. The number of benzene rings is 2. The molecule has 0 aliphatic carbocycles. The summed E-state index contributed by atoms with van der Waals surface area (Å²) < 4.78 is 10.7. The molecule has 3 atom stereocenters. The highest BCUT2D eigenvalue weighted by atomic mass is 32.1. The summed E-state index contributed by atoms with van der Waals surface area (Å²) in [5.41, 5.74) is 0.832. The van der Waals surface area contributed by atoms with E-state index in [2.05, 4.69) is 36.9 Å². The molecule has 0 aromatic heterocycles. The maximum Gasteiger partial charge on any atom is 0.118 e. The van der Waals surface area contributed by atoms with Gasteiger partial charge in [-0.2, -0.15) is 25.3 Å². The fourth-order valence-corrected chi connectivity index (χ4v) is 8.49. The highest BCUT2D eigenvalue weighted by Gasteiger charge is 2.19. The molecule has 0 amide bonds. The van der Waals surface area contributed by atoms with Crippen LogP contribution in [0.25, 0.3) is 0 Å². The second kappa shape index (κ2) is 9.03. The summed E-state index contributed by atoms with van der Waals surface area (Å²) in [4.78, 5) is 0. The Bertz CT molecular complexity index is 576. The van der Waals surface area contributed by atoms with Crippen molar-refractivity contribution in [3.05, 3.63) is 48.5 Å². The predicted molar refractivity (Wildman–Crippen MR) is 107 cm³/mol. The van der Waals surface area contributed by atoms with Crippen molar-refractivity contribution in [1.82, 2.24) is 0 Å². The largest absolute Gasteiger partial charge is 0.497 e. The Morgan fingerprint density at radius 2 is 1.45 bits per heavy atom. The van der Waals surface area contributed by atoms with Gasteiger partial charge >= 0.3 is 0 Å². The van der Waals surface area contributed by atoms with Gasteiger partial charge in [0.2, 0.25) is 0 Å². The Hall–Kier alpha value is -0.400. The smallest absolute Gasteiger partial charge is 0.118 e. The third kappa shape index (κ3) is 4.80. The van der Waals surface area contributed by atoms with E-state index in [1.54, 1.807) is 14.2 Å². The highest BCUT2D eigenvalue weighted by Crippen LogP contribution is 2.51. The van der Waals surface area contributed by atoms with Crippen LogP contribution in [-0.4, -0.2) is 24.4 Å². The molecule has 0 radical (unpaired) electrons. The molecule has 0 bridgehead atoms. The van der Waals surface area contributed by atoms with E-state index in [0.29, 0.717) is 13.3 Å². The number of hydrogen-bond acceptors (Lipinski definition) is 4. The van der Waals surface area contributed by atoms with Crippen LogP contribution in [0.2, 0.25) is 0 Å².